The minimum absolute atomic E-state index is 0.136. The summed E-state index contributed by atoms with van der Waals surface area (Å²) in [5, 5.41) is 31.8. The van der Waals surface area contributed by atoms with Gasteiger partial charge in [-0.3, -0.25) is 71.9 Å². The third kappa shape index (κ3) is 18.3. The molecule has 0 aromatic carbocycles. The van der Waals surface area contributed by atoms with Gasteiger partial charge in [0, 0.05) is 33.1 Å². The van der Waals surface area contributed by atoms with Crippen molar-refractivity contribution in [2.45, 2.75) is 200 Å². The summed E-state index contributed by atoms with van der Waals surface area (Å²) in [6.07, 6.45) is 2.06. The van der Waals surface area contributed by atoms with Crippen molar-refractivity contribution in [3.05, 3.63) is 0 Å². The van der Waals surface area contributed by atoms with E-state index in [0.717, 1.165) is 6.92 Å². The van der Waals surface area contributed by atoms with Crippen molar-refractivity contribution < 1.29 is 77.0 Å². The first-order valence-electron chi connectivity index (χ1n) is 28.3. The number of nitrogens with two attached hydrogens (primary N) is 1. The molecule has 30 heteroatoms. The minimum atomic E-state index is -1.45. The van der Waals surface area contributed by atoms with Crippen molar-refractivity contribution in [1.82, 2.24) is 67.5 Å². The first-order chi connectivity index (χ1) is 38.9. The van der Waals surface area contributed by atoms with Crippen molar-refractivity contribution in [2.75, 3.05) is 32.7 Å². The summed E-state index contributed by atoms with van der Waals surface area (Å²) < 4.78 is 0. The van der Waals surface area contributed by atoms with E-state index in [1.54, 1.807) is 27.7 Å². The highest BCUT2D eigenvalue weighted by atomic mass is 16.4. The van der Waals surface area contributed by atoms with Crippen LogP contribution >= 0.6 is 0 Å². The second-order valence-electron chi connectivity index (χ2n) is 22.4. The fourth-order valence-electron chi connectivity index (χ4n) is 10.5. The molecule has 462 valence electrons. The van der Waals surface area contributed by atoms with Crippen LogP contribution in [-0.2, 0) is 71.9 Å². The standard InChI is InChI=1S/C53H84N14O16/c1-25(2)40(42(54)72)62-50(80)37-18-14-22-67(37)53(83)41(26(3)4)63-45(75)29(7)58-47(77)34-15-11-19-64(34)38(69)24-55-43(73)27(5)56-48(78)35-16-12-20-65(35)51(81)30(8)59-44(74)28(6)57-49(79)36-17-13-21-66(36)52(82)31(9)60-46(76)33(23-39(70)71)61-32(10)68/h25-31,33-37,40-41H,11-24H2,1-10H3,(H2,54,72)(H,55,73)(H,56,78)(H,57,79)(H,58,77)(H,59,74)(H,60,76)(H,61,68)(H,62,80)(H,63,75)(H,70,71)/t27-,28-,29-,30-,31-,33-,34-,35-,36-,37-,40-,41-/m0/s1. The van der Waals surface area contributed by atoms with Crippen LogP contribution in [0.2, 0.25) is 0 Å². The molecule has 83 heavy (non-hydrogen) atoms. The molecule has 12 N–H and O–H groups in total. The van der Waals surface area contributed by atoms with Gasteiger partial charge < -0.3 is 78.3 Å². The second-order valence-corrected chi connectivity index (χ2v) is 22.4. The summed E-state index contributed by atoms with van der Waals surface area (Å²) in [5.41, 5.74) is 5.48. The van der Waals surface area contributed by atoms with Gasteiger partial charge in [0.15, 0.2) is 0 Å². The van der Waals surface area contributed by atoms with E-state index in [2.05, 4.69) is 47.9 Å². The summed E-state index contributed by atoms with van der Waals surface area (Å²) in [6, 6.07) is -13.4. The largest absolute Gasteiger partial charge is 0.481 e. The average Bonchev–Trinajstić information content (AvgIpc) is 4.43. The molecule has 0 unspecified atom stereocenters. The van der Waals surface area contributed by atoms with Crippen LogP contribution in [0.25, 0.3) is 0 Å². The highest BCUT2D eigenvalue weighted by Crippen LogP contribution is 2.24. The van der Waals surface area contributed by atoms with Crippen molar-refractivity contribution in [3.8, 4) is 0 Å². The number of carboxylic acid groups (broad SMARTS) is 1. The van der Waals surface area contributed by atoms with Gasteiger partial charge in [-0.05, 0) is 97.8 Å². The maximum absolute atomic E-state index is 13.9. The number of nitrogens with one attached hydrogen (secondary N) is 9. The smallest absolute Gasteiger partial charge is 0.305 e. The van der Waals surface area contributed by atoms with Gasteiger partial charge in [0.25, 0.3) is 0 Å². The van der Waals surface area contributed by atoms with E-state index in [-0.39, 0.29) is 51.4 Å². The van der Waals surface area contributed by atoms with Gasteiger partial charge in [-0.2, -0.15) is 0 Å². The third-order valence-corrected chi connectivity index (χ3v) is 15.1. The van der Waals surface area contributed by atoms with Crippen LogP contribution < -0.4 is 53.6 Å². The average molecular weight is 1170 g/mol. The Kier molecular flexibility index (Phi) is 24.7. The molecule has 12 atom stereocenters. The van der Waals surface area contributed by atoms with Crippen LogP contribution in [0.5, 0.6) is 0 Å². The topological polar surface area (TPSA) is 424 Å². The van der Waals surface area contributed by atoms with E-state index in [1.807, 2.05) is 0 Å². The predicted molar refractivity (Wildman–Crippen MR) is 293 cm³/mol. The van der Waals surface area contributed by atoms with Crippen LogP contribution in [0.4, 0.5) is 0 Å². The van der Waals surface area contributed by atoms with E-state index in [0.29, 0.717) is 32.1 Å². The van der Waals surface area contributed by atoms with Gasteiger partial charge in [-0.1, -0.05) is 27.7 Å². The van der Waals surface area contributed by atoms with Gasteiger partial charge in [0.05, 0.1) is 13.0 Å². The van der Waals surface area contributed by atoms with Crippen LogP contribution in [0.15, 0.2) is 0 Å². The lowest BCUT2D eigenvalue weighted by Gasteiger charge is -2.32. The normalized spacial score (nSPS) is 21.4. The van der Waals surface area contributed by atoms with Crippen molar-refractivity contribution >= 4 is 88.7 Å². The molecular weight excluding hydrogens is 1090 g/mol. The van der Waals surface area contributed by atoms with Crippen LogP contribution in [0.3, 0.4) is 0 Å². The van der Waals surface area contributed by atoms with Crippen LogP contribution in [0.1, 0.15) is 127 Å². The fourth-order valence-corrected chi connectivity index (χ4v) is 10.5. The van der Waals surface area contributed by atoms with E-state index in [4.69, 9.17) is 10.8 Å². The first kappa shape index (κ1) is 67.6. The summed E-state index contributed by atoms with van der Waals surface area (Å²) in [5.74, 6) is -11.6. The number of aliphatic carboxylic acids is 1. The van der Waals surface area contributed by atoms with Gasteiger partial charge in [0.1, 0.15) is 72.5 Å². The first-order valence-corrected chi connectivity index (χ1v) is 28.3. The van der Waals surface area contributed by atoms with E-state index < -0.39 is 180 Å². The van der Waals surface area contributed by atoms with Gasteiger partial charge >= 0.3 is 5.97 Å². The maximum atomic E-state index is 13.9. The number of amides is 14. The number of carbonyl (C=O) groups excluding carboxylic acids is 14. The molecular formula is C53H84N14O16. The Morgan fingerprint density at radius 1 is 0.434 bits per heavy atom. The minimum Gasteiger partial charge on any atom is -0.481 e. The van der Waals surface area contributed by atoms with Gasteiger partial charge in [-0.15, -0.1) is 0 Å². The Labute approximate surface area is 481 Å². The highest BCUT2D eigenvalue weighted by Gasteiger charge is 2.43. The second kappa shape index (κ2) is 30.4. The number of carboxylic acids is 1. The summed E-state index contributed by atoms with van der Waals surface area (Å²) in [6.45, 7) is 15.0. The number of hydrogen-bond acceptors (Lipinski definition) is 15. The quantitative estimate of drug-likeness (QED) is 0.0388. The van der Waals surface area contributed by atoms with Crippen molar-refractivity contribution in [2.24, 2.45) is 17.6 Å². The summed E-state index contributed by atoms with van der Waals surface area (Å²) >= 11 is 0. The Morgan fingerprint density at radius 2 is 0.795 bits per heavy atom. The lowest BCUT2D eigenvalue weighted by molar-refractivity contribution is -0.143. The van der Waals surface area contributed by atoms with E-state index in [1.165, 1.54) is 54.2 Å². The molecule has 0 aromatic rings. The maximum Gasteiger partial charge on any atom is 0.305 e. The van der Waals surface area contributed by atoms with E-state index in [9.17, 15) is 71.9 Å². The van der Waals surface area contributed by atoms with E-state index >= 15 is 0 Å². The molecule has 0 radical (unpaired) electrons. The number of carbonyl (C=O) groups is 15. The number of primary amides is 1. The molecule has 0 spiro atoms. The number of likely N-dealkylation sites (tertiary alicyclic amines) is 4. The third-order valence-electron chi connectivity index (χ3n) is 15.1. The molecule has 4 aliphatic heterocycles. The van der Waals surface area contributed by atoms with Crippen LogP contribution in [-0.4, -0.2) is 219 Å². The molecule has 4 saturated heterocycles. The van der Waals surface area contributed by atoms with Gasteiger partial charge in [-0.25, -0.2) is 0 Å². The molecule has 0 aliphatic carbocycles. The number of hydrogen-bond donors (Lipinski definition) is 11. The van der Waals surface area contributed by atoms with Crippen molar-refractivity contribution in [1.29, 1.82) is 0 Å². The Balaban J connectivity index is 1.23. The Morgan fingerprint density at radius 3 is 1.19 bits per heavy atom. The lowest BCUT2D eigenvalue weighted by atomic mass is 10.0. The lowest BCUT2D eigenvalue weighted by Crippen LogP contribution is -2.59. The molecule has 14 amide bonds. The fraction of sp³-hybridized carbons (Fsp3) is 0.717. The summed E-state index contributed by atoms with van der Waals surface area (Å²) in [7, 11) is 0. The molecule has 4 heterocycles. The summed E-state index contributed by atoms with van der Waals surface area (Å²) in [4.78, 5) is 201. The van der Waals surface area contributed by atoms with Gasteiger partial charge in [0.2, 0.25) is 82.7 Å². The molecule has 0 bridgehead atoms. The molecule has 0 saturated carbocycles. The highest BCUT2D eigenvalue weighted by molar-refractivity contribution is 6.00. The zero-order valence-electron chi connectivity index (χ0n) is 48.9. The van der Waals surface area contributed by atoms with Crippen molar-refractivity contribution in [3.63, 3.8) is 0 Å². The molecule has 4 fully saturated rings. The van der Waals surface area contributed by atoms with Crippen LogP contribution in [0, 0.1) is 11.8 Å². The number of nitrogens with zero attached hydrogens (tertiary/aromatic N) is 4. The number of rotatable bonds is 26. The molecule has 30 nitrogen and oxygen atoms in total. The molecule has 4 rings (SSSR count). The Hall–Kier alpha value is -7.95. The Bertz CT molecular complexity index is 2490. The predicted octanol–water partition coefficient (Wildman–Crippen LogP) is -4.66. The molecule has 0 aromatic heterocycles. The zero-order chi connectivity index (χ0) is 62.3. The zero-order valence-corrected chi connectivity index (χ0v) is 48.9. The monoisotopic (exact) mass is 1170 g/mol. The SMILES string of the molecule is CC(=O)N[C@@H](CC(=O)O)C(=O)N[C@@H](C)C(=O)N1CCC[C@H]1C(=O)N[C@@H](C)C(=O)N[C@@H](C)C(=O)N1CCC[C@H]1C(=O)N[C@@H](C)C(=O)NCC(=O)N1CCC[C@H]1C(=O)N[C@@H](C)C(=O)N[C@H](C(=O)N1CCC[C@H]1C(=O)N[C@H](C(N)=O)C(C)C)C(C)C. The molecule has 4 aliphatic rings.